The molecule has 2 aromatic heterocycles. The Morgan fingerprint density at radius 1 is 0.604 bits per heavy atom. The second-order valence-electron chi connectivity index (χ2n) is 14.2. The Balaban J connectivity index is 0.000000152. The molecule has 4 aromatic rings. The summed E-state index contributed by atoms with van der Waals surface area (Å²) in [7, 11) is 4.42. The first kappa shape index (κ1) is 33.0. The Kier molecular flexibility index (Phi) is 9.75. The van der Waals surface area contributed by atoms with Gasteiger partial charge in [0.2, 0.25) is 0 Å². The minimum Gasteiger partial charge on any atom is -0.397 e. The van der Waals surface area contributed by atoms with E-state index in [0.717, 1.165) is 34.4 Å². The van der Waals surface area contributed by atoms with Crippen molar-refractivity contribution in [3.05, 3.63) is 121 Å². The van der Waals surface area contributed by atoms with Gasteiger partial charge in [-0.05, 0) is 160 Å². The summed E-state index contributed by atoms with van der Waals surface area (Å²) >= 11 is 12.5. The molecule has 5 nitrogen and oxygen atoms in total. The minimum atomic E-state index is 0.302. The predicted octanol–water partition coefficient (Wildman–Crippen LogP) is 9.28. The molecule has 0 radical (unpaired) electrons. The molecule has 2 aromatic carbocycles. The van der Waals surface area contributed by atoms with Gasteiger partial charge in [-0.3, -0.25) is 9.97 Å². The third kappa shape index (κ3) is 6.97. The van der Waals surface area contributed by atoms with Crippen molar-refractivity contribution in [1.82, 2.24) is 19.8 Å². The molecular formula is C41H45Cl2N5. The van der Waals surface area contributed by atoms with Gasteiger partial charge in [0.25, 0.3) is 0 Å². The van der Waals surface area contributed by atoms with Gasteiger partial charge < -0.3 is 15.5 Å². The van der Waals surface area contributed by atoms with Crippen LogP contribution in [0.4, 0.5) is 5.69 Å². The van der Waals surface area contributed by atoms with Crippen LogP contribution in [0.15, 0.2) is 60.9 Å². The molecular weight excluding hydrogens is 633 g/mol. The SMILES string of the molecule is CN1CCC(C2c3ccc(Cl)cc3C=Cc3cc(N)cnc32)CC1.Cc1cnc2c(c1)C=Cc1cc(Cl)ccc1C2C1CCN(C)CC1. The van der Waals surface area contributed by atoms with Crippen LogP contribution in [-0.2, 0) is 0 Å². The average Bonchev–Trinajstić information content (AvgIpc) is 3.33. The normalized spacial score (nSPS) is 21.2. The van der Waals surface area contributed by atoms with Crippen molar-refractivity contribution in [2.45, 2.75) is 44.4 Å². The highest BCUT2D eigenvalue weighted by Gasteiger charge is 2.34. The molecule has 248 valence electrons. The van der Waals surface area contributed by atoms with Crippen LogP contribution < -0.4 is 5.73 Å². The molecule has 2 unspecified atom stereocenters. The second kappa shape index (κ2) is 14.2. The fraction of sp³-hybridized carbons (Fsp3) is 0.366. The molecule has 0 saturated carbocycles. The van der Waals surface area contributed by atoms with E-state index in [1.165, 1.54) is 77.8 Å². The molecule has 2 fully saturated rings. The number of aromatic nitrogens is 2. The highest BCUT2D eigenvalue weighted by molar-refractivity contribution is 6.31. The molecule has 48 heavy (non-hydrogen) atoms. The van der Waals surface area contributed by atoms with E-state index in [9.17, 15) is 0 Å². The number of anilines is 1. The summed E-state index contributed by atoms with van der Waals surface area (Å²) < 4.78 is 0. The van der Waals surface area contributed by atoms with Gasteiger partial charge in [0.1, 0.15) is 0 Å². The lowest BCUT2D eigenvalue weighted by Crippen LogP contribution is -2.33. The van der Waals surface area contributed by atoms with Crippen molar-refractivity contribution in [2.75, 3.05) is 46.0 Å². The number of aryl methyl sites for hydroxylation is 1. The van der Waals surface area contributed by atoms with E-state index in [4.69, 9.17) is 38.9 Å². The summed E-state index contributed by atoms with van der Waals surface area (Å²) in [5, 5.41) is 1.58. The number of nitrogen functional groups attached to an aromatic ring is 1. The molecule has 4 aliphatic rings. The van der Waals surface area contributed by atoms with Crippen LogP contribution in [-0.4, -0.2) is 60.0 Å². The minimum absolute atomic E-state index is 0.302. The van der Waals surface area contributed by atoms with Crippen LogP contribution in [0, 0.1) is 18.8 Å². The molecule has 2 N–H and O–H groups in total. The van der Waals surface area contributed by atoms with Crippen LogP contribution in [0.1, 0.15) is 87.9 Å². The molecule has 0 bridgehead atoms. The van der Waals surface area contributed by atoms with Gasteiger partial charge in [-0.15, -0.1) is 0 Å². The molecule has 2 aliphatic carbocycles. The Bertz CT molecular complexity index is 1600. The van der Waals surface area contributed by atoms with Gasteiger partial charge >= 0.3 is 0 Å². The van der Waals surface area contributed by atoms with Gasteiger partial charge in [0.15, 0.2) is 0 Å². The van der Waals surface area contributed by atoms with Crippen molar-refractivity contribution >= 4 is 53.2 Å². The molecule has 8 rings (SSSR count). The maximum atomic E-state index is 6.26. The number of hydrogen-bond donors (Lipinski definition) is 1. The zero-order valence-corrected chi connectivity index (χ0v) is 29.7. The number of halogens is 2. The summed E-state index contributed by atoms with van der Waals surface area (Å²) in [5.41, 5.74) is 17.8. The molecule has 4 heterocycles. The highest BCUT2D eigenvalue weighted by atomic mass is 35.5. The van der Waals surface area contributed by atoms with E-state index in [1.807, 2.05) is 24.4 Å². The average molecular weight is 679 g/mol. The zero-order chi connectivity index (χ0) is 33.4. The fourth-order valence-electron chi connectivity index (χ4n) is 8.18. The largest absolute Gasteiger partial charge is 0.397 e. The summed E-state index contributed by atoms with van der Waals surface area (Å²) in [6.45, 7) is 6.72. The topological polar surface area (TPSA) is 58.3 Å². The molecule has 7 heteroatoms. The number of benzene rings is 2. The standard InChI is InChI=1S/C21H23ClN2.C20H22ClN3/c1-14-11-17-4-3-16-12-18(22)5-6-19(16)20(21(17)23-13-14)15-7-9-24(2)10-8-15;1-24-8-6-13(7-9-24)19-18-5-4-16(21)10-14(18)2-3-15-11-17(22)12-23-20(15)19/h3-6,11-13,15,20H,7-10H2,1-2H3;2-5,10-13,19H,6-9,22H2,1H3. The van der Waals surface area contributed by atoms with E-state index in [0.29, 0.717) is 29.4 Å². The Morgan fingerprint density at radius 2 is 1.04 bits per heavy atom. The number of pyridine rings is 2. The van der Waals surface area contributed by atoms with Crippen molar-refractivity contribution < 1.29 is 0 Å². The second-order valence-corrected chi connectivity index (χ2v) is 15.1. The number of rotatable bonds is 2. The number of hydrogen-bond acceptors (Lipinski definition) is 5. The quantitative estimate of drug-likeness (QED) is 0.229. The van der Waals surface area contributed by atoms with Gasteiger partial charge in [-0.25, -0.2) is 0 Å². The van der Waals surface area contributed by atoms with Crippen molar-refractivity contribution in [2.24, 2.45) is 11.8 Å². The monoisotopic (exact) mass is 677 g/mol. The number of nitrogens with two attached hydrogens (primary N) is 1. The number of piperidine rings is 2. The van der Waals surface area contributed by atoms with Crippen LogP contribution >= 0.6 is 23.2 Å². The summed E-state index contributed by atoms with van der Waals surface area (Å²) in [5.74, 6) is 1.89. The van der Waals surface area contributed by atoms with Crippen LogP contribution in [0.3, 0.4) is 0 Å². The van der Waals surface area contributed by atoms with Gasteiger partial charge in [-0.1, -0.05) is 59.6 Å². The van der Waals surface area contributed by atoms with Crippen molar-refractivity contribution in [1.29, 1.82) is 0 Å². The summed E-state index contributed by atoms with van der Waals surface area (Å²) in [6, 6.07) is 16.9. The van der Waals surface area contributed by atoms with Crippen molar-refractivity contribution in [3.63, 3.8) is 0 Å². The van der Waals surface area contributed by atoms with E-state index in [-0.39, 0.29) is 0 Å². The number of nitrogens with zero attached hydrogens (tertiary/aromatic N) is 4. The predicted molar refractivity (Wildman–Crippen MR) is 203 cm³/mol. The molecule has 2 atom stereocenters. The van der Waals surface area contributed by atoms with E-state index in [2.05, 4.69) is 85.5 Å². The maximum Gasteiger partial charge on any atom is 0.0555 e. The zero-order valence-electron chi connectivity index (χ0n) is 28.2. The third-order valence-electron chi connectivity index (χ3n) is 10.8. The first-order valence-corrected chi connectivity index (χ1v) is 18.0. The van der Waals surface area contributed by atoms with Crippen molar-refractivity contribution in [3.8, 4) is 0 Å². The lowest BCUT2D eigenvalue weighted by molar-refractivity contribution is 0.206. The van der Waals surface area contributed by atoms with E-state index < -0.39 is 0 Å². The van der Waals surface area contributed by atoms with Gasteiger partial charge in [0, 0.05) is 28.1 Å². The van der Waals surface area contributed by atoms with Crippen LogP contribution in [0.5, 0.6) is 0 Å². The van der Waals surface area contributed by atoms with Gasteiger partial charge in [0.05, 0.1) is 23.3 Å². The molecule has 0 spiro atoms. The maximum absolute atomic E-state index is 6.26. The number of likely N-dealkylation sites (tertiary alicyclic amines) is 2. The Labute approximate surface area is 295 Å². The van der Waals surface area contributed by atoms with Gasteiger partial charge in [-0.2, -0.15) is 0 Å². The van der Waals surface area contributed by atoms with Crippen LogP contribution in [0.25, 0.3) is 24.3 Å². The fourth-order valence-corrected chi connectivity index (χ4v) is 8.54. The summed E-state index contributed by atoms with van der Waals surface area (Å²) in [4.78, 5) is 14.5. The van der Waals surface area contributed by atoms with E-state index in [1.54, 1.807) is 6.20 Å². The smallest absolute Gasteiger partial charge is 0.0555 e. The lowest BCUT2D eigenvalue weighted by atomic mass is 9.76. The lowest BCUT2D eigenvalue weighted by Gasteiger charge is -2.35. The Morgan fingerprint density at radius 3 is 1.54 bits per heavy atom. The highest BCUT2D eigenvalue weighted by Crippen LogP contribution is 2.44. The Hall–Kier alpha value is -3.48. The van der Waals surface area contributed by atoms with Crippen LogP contribution in [0.2, 0.25) is 10.0 Å². The van der Waals surface area contributed by atoms with E-state index >= 15 is 0 Å². The first-order chi connectivity index (χ1) is 23.2. The summed E-state index contributed by atoms with van der Waals surface area (Å²) in [6.07, 6.45) is 17.3. The third-order valence-corrected chi connectivity index (χ3v) is 11.2. The first-order valence-electron chi connectivity index (χ1n) is 17.3. The number of fused-ring (bicyclic) bond motifs is 4. The molecule has 2 saturated heterocycles. The molecule has 0 amide bonds. The molecule has 2 aliphatic heterocycles.